The van der Waals surface area contributed by atoms with Crippen LogP contribution in [-0.4, -0.2) is 25.4 Å². The highest BCUT2D eigenvalue weighted by Crippen LogP contribution is 2.36. The molecule has 5 rings (SSSR count). The van der Waals surface area contributed by atoms with Gasteiger partial charge < -0.3 is 9.88 Å². The second-order valence-corrected chi connectivity index (χ2v) is 11.6. The lowest BCUT2D eigenvalue weighted by Crippen LogP contribution is -2.38. The SMILES string of the molecule is CCn1c2ccccc2c2cc(NC(=O)CN(c3cccc(Cl)c3Cl)S(=O)(=O)c3ccc(C)cc3)ccc21. The first-order valence-corrected chi connectivity index (χ1v) is 14.2. The Kier molecular flexibility index (Phi) is 7.09. The lowest BCUT2D eigenvalue weighted by Gasteiger charge is -2.25. The minimum absolute atomic E-state index is 0.0423. The molecule has 0 aliphatic heterocycles. The van der Waals surface area contributed by atoms with Crippen LogP contribution in [0.3, 0.4) is 0 Å². The van der Waals surface area contributed by atoms with Gasteiger partial charge in [-0.1, -0.05) is 65.2 Å². The Morgan fingerprint density at radius 3 is 2.34 bits per heavy atom. The molecule has 6 nitrogen and oxygen atoms in total. The number of hydrogen-bond acceptors (Lipinski definition) is 3. The number of rotatable bonds is 7. The summed E-state index contributed by atoms with van der Waals surface area (Å²) in [4.78, 5) is 13.3. The van der Waals surface area contributed by atoms with Crippen LogP contribution >= 0.6 is 23.2 Å². The quantitative estimate of drug-likeness (QED) is 0.225. The van der Waals surface area contributed by atoms with Gasteiger partial charge in [-0.2, -0.15) is 0 Å². The molecule has 0 atom stereocenters. The van der Waals surface area contributed by atoms with Crippen molar-refractivity contribution in [1.82, 2.24) is 4.57 Å². The molecule has 38 heavy (non-hydrogen) atoms. The number of hydrogen-bond donors (Lipinski definition) is 1. The van der Waals surface area contributed by atoms with Crippen molar-refractivity contribution in [3.05, 3.63) is 101 Å². The summed E-state index contributed by atoms with van der Waals surface area (Å²) in [5, 5.41) is 5.18. The summed E-state index contributed by atoms with van der Waals surface area (Å²) in [5.74, 6) is -0.518. The Morgan fingerprint density at radius 1 is 0.895 bits per heavy atom. The van der Waals surface area contributed by atoms with Crippen molar-refractivity contribution in [1.29, 1.82) is 0 Å². The van der Waals surface area contributed by atoms with Gasteiger partial charge in [-0.05, 0) is 62.4 Å². The molecule has 0 spiro atoms. The highest BCUT2D eigenvalue weighted by atomic mass is 35.5. The molecule has 0 fully saturated rings. The van der Waals surface area contributed by atoms with Gasteiger partial charge in [0.15, 0.2) is 0 Å². The fourth-order valence-electron chi connectivity index (χ4n) is 4.63. The molecule has 0 bridgehead atoms. The van der Waals surface area contributed by atoms with E-state index in [4.69, 9.17) is 23.2 Å². The van der Waals surface area contributed by atoms with E-state index < -0.39 is 22.5 Å². The lowest BCUT2D eigenvalue weighted by molar-refractivity contribution is -0.114. The number of amides is 1. The number of aromatic nitrogens is 1. The number of sulfonamides is 1. The van der Waals surface area contributed by atoms with Crippen molar-refractivity contribution in [2.24, 2.45) is 0 Å². The van der Waals surface area contributed by atoms with Gasteiger partial charge in [-0.15, -0.1) is 0 Å². The molecular weight excluding hydrogens is 541 g/mol. The van der Waals surface area contributed by atoms with Crippen LogP contribution < -0.4 is 9.62 Å². The second kappa shape index (κ2) is 10.3. The third kappa shape index (κ3) is 4.73. The third-order valence-electron chi connectivity index (χ3n) is 6.47. The van der Waals surface area contributed by atoms with Crippen LogP contribution in [0.5, 0.6) is 0 Å². The van der Waals surface area contributed by atoms with E-state index in [0.717, 1.165) is 38.2 Å². The van der Waals surface area contributed by atoms with E-state index in [1.165, 1.54) is 18.2 Å². The summed E-state index contributed by atoms with van der Waals surface area (Å²) in [5.41, 5.74) is 3.76. The molecule has 0 unspecified atom stereocenters. The van der Waals surface area contributed by atoms with Crippen LogP contribution in [0, 0.1) is 6.92 Å². The van der Waals surface area contributed by atoms with Gasteiger partial charge in [0.1, 0.15) is 6.54 Å². The van der Waals surface area contributed by atoms with Crippen LogP contribution in [0.25, 0.3) is 21.8 Å². The number of carbonyl (C=O) groups is 1. The average molecular weight is 567 g/mol. The molecular formula is C29H25Cl2N3O3S. The molecule has 1 heterocycles. The summed E-state index contributed by atoms with van der Waals surface area (Å²) < 4.78 is 30.6. The zero-order valence-electron chi connectivity index (χ0n) is 20.8. The molecule has 0 radical (unpaired) electrons. The largest absolute Gasteiger partial charge is 0.341 e. The summed E-state index contributed by atoms with van der Waals surface area (Å²) in [6.07, 6.45) is 0. The van der Waals surface area contributed by atoms with Crippen LogP contribution in [0.4, 0.5) is 11.4 Å². The molecule has 1 amide bonds. The Morgan fingerprint density at radius 2 is 1.61 bits per heavy atom. The number of benzene rings is 4. The van der Waals surface area contributed by atoms with Crippen molar-refractivity contribution >= 4 is 72.3 Å². The molecule has 194 valence electrons. The summed E-state index contributed by atoms with van der Waals surface area (Å²) in [6.45, 7) is 4.27. The van der Waals surface area contributed by atoms with Gasteiger partial charge in [0, 0.05) is 34.0 Å². The van der Waals surface area contributed by atoms with E-state index in [1.807, 2.05) is 43.3 Å². The monoisotopic (exact) mass is 565 g/mol. The number of carbonyl (C=O) groups excluding carboxylic acids is 1. The number of aryl methyl sites for hydroxylation is 2. The highest BCUT2D eigenvalue weighted by Gasteiger charge is 2.29. The maximum Gasteiger partial charge on any atom is 0.264 e. The lowest BCUT2D eigenvalue weighted by atomic mass is 10.1. The van der Waals surface area contributed by atoms with E-state index in [2.05, 4.69) is 22.9 Å². The van der Waals surface area contributed by atoms with Crippen LogP contribution in [0.15, 0.2) is 89.8 Å². The zero-order valence-corrected chi connectivity index (χ0v) is 23.1. The van der Waals surface area contributed by atoms with Crippen molar-refractivity contribution in [2.45, 2.75) is 25.3 Å². The van der Waals surface area contributed by atoms with Crippen molar-refractivity contribution in [3.8, 4) is 0 Å². The maximum atomic E-state index is 13.7. The van der Waals surface area contributed by atoms with Gasteiger partial charge >= 0.3 is 0 Å². The van der Waals surface area contributed by atoms with Gasteiger partial charge in [-0.3, -0.25) is 9.10 Å². The van der Waals surface area contributed by atoms with Crippen molar-refractivity contribution < 1.29 is 13.2 Å². The first kappa shape index (κ1) is 26.1. The van der Waals surface area contributed by atoms with Gasteiger partial charge in [-0.25, -0.2) is 8.42 Å². The Balaban J connectivity index is 1.51. The summed E-state index contributed by atoms with van der Waals surface area (Å²) >= 11 is 12.6. The van der Waals surface area contributed by atoms with Crippen LogP contribution in [0.1, 0.15) is 12.5 Å². The van der Waals surface area contributed by atoms with Crippen molar-refractivity contribution in [3.63, 3.8) is 0 Å². The molecule has 1 N–H and O–H groups in total. The Labute approximate surface area is 231 Å². The van der Waals surface area contributed by atoms with E-state index in [9.17, 15) is 13.2 Å². The predicted octanol–water partition coefficient (Wildman–Crippen LogP) is 7.26. The molecule has 9 heteroatoms. The Hall–Kier alpha value is -3.52. The molecule has 0 aliphatic rings. The van der Waals surface area contributed by atoms with Gasteiger partial charge in [0.25, 0.3) is 10.0 Å². The average Bonchev–Trinajstić information content (AvgIpc) is 3.22. The normalized spacial score (nSPS) is 11.7. The highest BCUT2D eigenvalue weighted by molar-refractivity contribution is 7.92. The topological polar surface area (TPSA) is 71.4 Å². The number of fused-ring (bicyclic) bond motifs is 3. The van der Waals surface area contributed by atoms with E-state index in [0.29, 0.717) is 5.69 Å². The van der Waals surface area contributed by atoms with E-state index in [1.54, 1.807) is 24.3 Å². The fourth-order valence-corrected chi connectivity index (χ4v) is 6.51. The minimum atomic E-state index is -4.13. The number of nitrogens with one attached hydrogen (secondary N) is 1. The third-order valence-corrected chi connectivity index (χ3v) is 9.05. The number of nitrogens with zero attached hydrogens (tertiary/aromatic N) is 2. The molecule has 0 aliphatic carbocycles. The predicted molar refractivity (Wildman–Crippen MR) is 156 cm³/mol. The molecule has 4 aromatic carbocycles. The number of para-hydroxylation sites is 1. The zero-order chi connectivity index (χ0) is 27.0. The number of anilines is 2. The van der Waals surface area contributed by atoms with Crippen LogP contribution in [-0.2, 0) is 21.4 Å². The standard InChI is InChI=1S/C29H25Cl2N3O3S/c1-3-33-25-9-5-4-7-22(25)23-17-20(13-16-26(23)33)32-28(35)18-34(27-10-6-8-24(30)29(27)31)38(36,37)21-14-11-19(2)12-15-21/h4-17H,3,18H2,1-2H3,(H,32,35). The summed E-state index contributed by atoms with van der Waals surface area (Å²) in [6, 6.07) is 24.9. The van der Waals surface area contributed by atoms with Crippen molar-refractivity contribution in [2.75, 3.05) is 16.2 Å². The molecule has 0 saturated carbocycles. The smallest absolute Gasteiger partial charge is 0.264 e. The molecule has 1 aromatic heterocycles. The minimum Gasteiger partial charge on any atom is -0.341 e. The Bertz CT molecular complexity index is 1780. The van der Waals surface area contributed by atoms with Gasteiger partial charge in [0.05, 0.1) is 20.6 Å². The van der Waals surface area contributed by atoms with E-state index >= 15 is 0 Å². The number of halogens is 2. The summed E-state index contributed by atoms with van der Waals surface area (Å²) in [7, 11) is -4.13. The van der Waals surface area contributed by atoms with E-state index in [-0.39, 0.29) is 20.6 Å². The first-order chi connectivity index (χ1) is 18.2. The fraction of sp³-hybridized carbons (Fsp3) is 0.138. The van der Waals surface area contributed by atoms with Crippen LogP contribution in [0.2, 0.25) is 10.0 Å². The molecule has 0 saturated heterocycles. The second-order valence-electron chi connectivity index (χ2n) is 8.94. The molecule has 5 aromatic rings. The van der Waals surface area contributed by atoms with Gasteiger partial charge in [0.2, 0.25) is 5.91 Å². The first-order valence-electron chi connectivity index (χ1n) is 12.0. The maximum absolute atomic E-state index is 13.7.